The maximum Gasteiger partial charge on any atom is 0.227 e. The molecule has 1 amide bonds. The third-order valence-corrected chi connectivity index (χ3v) is 3.97. The van der Waals surface area contributed by atoms with Crippen molar-refractivity contribution in [1.29, 1.82) is 0 Å². The third-order valence-electron chi connectivity index (χ3n) is 3.97. The van der Waals surface area contributed by atoms with Crippen LogP contribution in [0.3, 0.4) is 0 Å². The van der Waals surface area contributed by atoms with Crippen LogP contribution in [0.2, 0.25) is 0 Å². The van der Waals surface area contributed by atoms with Crippen molar-refractivity contribution in [2.24, 2.45) is 0 Å². The summed E-state index contributed by atoms with van der Waals surface area (Å²) in [7, 11) is 0. The molecule has 104 valence electrons. The normalized spacial score (nSPS) is 19.2. The number of benzene rings is 2. The highest BCUT2D eigenvalue weighted by Crippen LogP contribution is 2.20. The van der Waals surface area contributed by atoms with E-state index in [9.17, 15) is 9.90 Å². The van der Waals surface area contributed by atoms with Crippen molar-refractivity contribution in [3.8, 4) is 0 Å². The Kier molecular flexibility index (Phi) is 3.70. The Hall–Kier alpha value is -1.87. The standard InChI is InChI=1S/C17H19NO2/c19-15-8-4-10-18(12-15)17(20)11-14-7-3-6-13-5-1-2-9-16(13)14/h1-3,5-7,9,15,19H,4,8,10-12H2/t15-/m0/s1. The van der Waals surface area contributed by atoms with Gasteiger partial charge < -0.3 is 10.0 Å². The van der Waals surface area contributed by atoms with E-state index in [0.717, 1.165) is 35.7 Å². The van der Waals surface area contributed by atoms with Gasteiger partial charge in [0.2, 0.25) is 5.91 Å². The molecule has 0 spiro atoms. The number of aliphatic hydroxyl groups is 1. The zero-order valence-corrected chi connectivity index (χ0v) is 11.5. The Balaban J connectivity index is 1.80. The first-order chi connectivity index (χ1) is 9.74. The molecule has 0 radical (unpaired) electrons. The maximum atomic E-state index is 12.4. The van der Waals surface area contributed by atoms with E-state index in [2.05, 4.69) is 18.2 Å². The second-order valence-corrected chi connectivity index (χ2v) is 5.45. The van der Waals surface area contributed by atoms with Gasteiger partial charge in [0.05, 0.1) is 12.5 Å². The first kappa shape index (κ1) is 13.1. The summed E-state index contributed by atoms with van der Waals surface area (Å²) in [6, 6.07) is 14.2. The van der Waals surface area contributed by atoms with Crippen molar-refractivity contribution in [3.63, 3.8) is 0 Å². The SMILES string of the molecule is O=C(Cc1cccc2ccccc12)N1CCC[C@H](O)C1. The van der Waals surface area contributed by atoms with E-state index in [4.69, 9.17) is 0 Å². The third kappa shape index (κ3) is 2.68. The van der Waals surface area contributed by atoms with Crippen molar-refractivity contribution in [3.05, 3.63) is 48.0 Å². The number of carbonyl (C=O) groups is 1. The lowest BCUT2D eigenvalue weighted by Gasteiger charge is -2.30. The van der Waals surface area contributed by atoms with Crippen molar-refractivity contribution in [2.45, 2.75) is 25.4 Å². The van der Waals surface area contributed by atoms with Crippen molar-refractivity contribution < 1.29 is 9.90 Å². The number of β-amino-alcohol motifs (C(OH)–C–C–N with tert-alkyl or cyclic N) is 1. The molecule has 0 unspecified atom stereocenters. The number of likely N-dealkylation sites (tertiary alicyclic amines) is 1. The van der Waals surface area contributed by atoms with E-state index >= 15 is 0 Å². The highest BCUT2D eigenvalue weighted by Gasteiger charge is 2.22. The number of hydrogen-bond donors (Lipinski definition) is 1. The highest BCUT2D eigenvalue weighted by molar-refractivity contribution is 5.90. The number of nitrogens with zero attached hydrogens (tertiary/aromatic N) is 1. The van der Waals surface area contributed by atoms with E-state index in [0.29, 0.717) is 13.0 Å². The largest absolute Gasteiger partial charge is 0.391 e. The molecule has 0 aliphatic carbocycles. The molecule has 0 saturated carbocycles. The number of carbonyl (C=O) groups excluding carboxylic acids is 1. The van der Waals surface area contributed by atoms with Crippen molar-refractivity contribution in [1.82, 2.24) is 4.90 Å². The van der Waals surface area contributed by atoms with Gasteiger partial charge in [-0.05, 0) is 29.2 Å². The summed E-state index contributed by atoms with van der Waals surface area (Å²) in [5.74, 6) is 0.111. The van der Waals surface area contributed by atoms with Crippen LogP contribution in [-0.2, 0) is 11.2 Å². The lowest BCUT2D eigenvalue weighted by atomic mass is 10.0. The van der Waals surface area contributed by atoms with Crippen molar-refractivity contribution in [2.75, 3.05) is 13.1 Å². The van der Waals surface area contributed by atoms with Gasteiger partial charge in [-0.3, -0.25) is 4.79 Å². The second-order valence-electron chi connectivity index (χ2n) is 5.45. The Bertz CT molecular complexity index is 618. The first-order valence-corrected chi connectivity index (χ1v) is 7.16. The van der Waals surface area contributed by atoms with Gasteiger partial charge >= 0.3 is 0 Å². The van der Waals surface area contributed by atoms with E-state index in [1.165, 1.54) is 0 Å². The molecule has 1 atom stereocenters. The fraction of sp³-hybridized carbons (Fsp3) is 0.353. The molecule has 1 N–H and O–H groups in total. The number of fused-ring (bicyclic) bond motifs is 1. The molecule has 1 aliphatic heterocycles. The van der Waals surface area contributed by atoms with E-state index in [-0.39, 0.29) is 12.0 Å². The fourth-order valence-corrected chi connectivity index (χ4v) is 2.90. The lowest BCUT2D eigenvalue weighted by molar-refractivity contribution is -0.133. The molecule has 0 bridgehead atoms. The maximum absolute atomic E-state index is 12.4. The minimum atomic E-state index is -0.361. The molecule has 3 rings (SSSR count). The number of hydrogen-bond acceptors (Lipinski definition) is 2. The van der Waals surface area contributed by atoms with E-state index in [1.54, 1.807) is 4.90 Å². The zero-order valence-electron chi connectivity index (χ0n) is 11.5. The molecule has 20 heavy (non-hydrogen) atoms. The molecule has 1 saturated heterocycles. The van der Waals surface area contributed by atoms with Gasteiger partial charge in [-0.2, -0.15) is 0 Å². The predicted molar refractivity (Wildman–Crippen MR) is 79.5 cm³/mol. The summed E-state index contributed by atoms with van der Waals surface area (Å²) >= 11 is 0. The summed E-state index contributed by atoms with van der Waals surface area (Å²) in [4.78, 5) is 14.2. The van der Waals surface area contributed by atoms with Gasteiger partial charge in [-0.15, -0.1) is 0 Å². The van der Waals surface area contributed by atoms with E-state index in [1.807, 2.05) is 24.3 Å². The van der Waals surface area contributed by atoms with Crippen LogP contribution >= 0.6 is 0 Å². The molecular weight excluding hydrogens is 250 g/mol. The Morgan fingerprint density at radius 1 is 1.20 bits per heavy atom. The summed E-state index contributed by atoms with van der Waals surface area (Å²) in [5.41, 5.74) is 1.06. The van der Waals surface area contributed by atoms with E-state index < -0.39 is 0 Å². The first-order valence-electron chi connectivity index (χ1n) is 7.16. The smallest absolute Gasteiger partial charge is 0.227 e. The molecule has 1 heterocycles. The number of aliphatic hydroxyl groups excluding tert-OH is 1. The van der Waals surface area contributed by atoms with Gasteiger partial charge in [0.1, 0.15) is 0 Å². The highest BCUT2D eigenvalue weighted by atomic mass is 16.3. The van der Waals surface area contributed by atoms with Gasteiger partial charge in [0.25, 0.3) is 0 Å². The number of amides is 1. The molecule has 2 aromatic carbocycles. The quantitative estimate of drug-likeness (QED) is 0.909. The Morgan fingerprint density at radius 2 is 2.00 bits per heavy atom. The number of piperidine rings is 1. The molecule has 3 heteroatoms. The topological polar surface area (TPSA) is 40.5 Å². The van der Waals surface area contributed by atoms with Crippen LogP contribution in [0.4, 0.5) is 0 Å². The van der Waals surface area contributed by atoms with Crippen LogP contribution in [0.25, 0.3) is 10.8 Å². The minimum Gasteiger partial charge on any atom is -0.391 e. The molecule has 0 aromatic heterocycles. The van der Waals surface area contributed by atoms with Crippen LogP contribution in [0, 0.1) is 0 Å². The summed E-state index contributed by atoms with van der Waals surface area (Å²) < 4.78 is 0. The van der Waals surface area contributed by atoms with Crippen LogP contribution in [0.5, 0.6) is 0 Å². The summed E-state index contributed by atoms with van der Waals surface area (Å²) in [6.45, 7) is 1.24. The lowest BCUT2D eigenvalue weighted by Crippen LogP contribution is -2.42. The minimum absolute atomic E-state index is 0.111. The predicted octanol–water partition coefficient (Wildman–Crippen LogP) is 2.37. The Morgan fingerprint density at radius 3 is 2.85 bits per heavy atom. The van der Waals surface area contributed by atoms with Gasteiger partial charge in [0.15, 0.2) is 0 Å². The molecule has 2 aromatic rings. The molecule has 1 fully saturated rings. The molecular formula is C17H19NO2. The zero-order chi connectivity index (χ0) is 13.9. The summed E-state index contributed by atoms with van der Waals surface area (Å²) in [6.07, 6.45) is 1.74. The van der Waals surface area contributed by atoms with Crippen LogP contribution in [0.1, 0.15) is 18.4 Å². The average molecular weight is 269 g/mol. The second kappa shape index (κ2) is 5.63. The van der Waals surface area contributed by atoms with Crippen LogP contribution < -0.4 is 0 Å². The molecule has 1 aliphatic rings. The van der Waals surface area contributed by atoms with Gasteiger partial charge in [-0.1, -0.05) is 42.5 Å². The van der Waals surface area contributed by atoms with Crippen LogP contribution in [0.15, 0.2) is 42.5 Å². The van der Waals surface area contributed by atoms with Gasteiger partial charge in [0, 0.05) is 13.1 Å². The summed E-state index contributed by atoms with van der Waals surface area (Å²) in [5, 5.41) is 12.0. The van der Waals surface area contributed by atoms with Gasteiger partial charge in [-0.25, -0.2) is 0 Å². The molecule has 3 nitrogen and oxygen atoms in total. The van der Waals surface area contributed by atoms with Crippen molar-refractivity contribution >= 4 is 16.7 Å². The monoisotopic (exact) mass is 269 g/mol. The average Bonchev–Trinajstić information content (AvgIpc) is 2.47. The fourth-order valence-electron chi connectivity index (χ4n) is 2.90. The number of rotatable bonds is 2. The Labute approximate surface area is 118 Å². The van der Waals surface area contributed by atoms with Crippen LogP contribution in [-0.4, -0.2) is 35.1 Å².